The molecule has 1 amide bonds. The Morgan fingerprint density at radius 3 is 2.71 bits per heavy atom. The van der Waals surface area contributed by atoms with Crippen LogP contribution in [0.2, 0.25) is 0 Å². The molecule has 0 saturated carbocycles. The van der Waals surface area contributed by atoms with Crippen molar-refractivity contribution in [1.82, 2.24) is 10.6 Å². The van der Waals surface area contributed by atoms with Gasteiger partial charge in [0.25, 0.3) is 0 Å². The number of piperidine rings is 1. The molecular formula is C18H28N2O. The average Bonchev–Trinajstić information content (AvgIpc) is 2.49. The van der Waals surface area contributed by atoms with Gasteiger partial charge in [-0.05, 0) is 50.8 Å². The molecule has 0 aliphatic carbocycles. The van der Waals surface area contributed by atoms with Gasteiger partial charge in [-0.2, -0.15) is 0 Å². The maximum atomic E-state index is 12.6. The minimum atomic E-state index is -0.307. The van der Waals surface area contributed by atoms with Crippen molar-refractivity contribution in [3.05, 3.63) is 35.9 Å². The molecule has 1 saturated heterocycles. The van der Waals surface area contributed by atoms with Crippen molar-refractivity contribution in [2.75, 3.05) is 13.1 Å². The number of nitrogens with one attached hydrogen (secondary N) is 2. The summed E-state index contributed by atoms with van der Waals surface area (Å²) in [7, 11) is 0. The lowest BCUT2D eigenvalue weighted by atomic mass is 9.74. The fourth-order valence-corrected chi connectivity index (χ4v) is 3.08. The first kappa shape index (κ1) is 16.0. The van der Waals surface area contributed by atoms with Gasteiger partial charge in [0, 0.05) is 11.5 Å². The number of hydrogen-bond acceptors (Lipinski definition) is 2. The Bertz CT molecular complexity index is 450. The van der Waals surface area contributed by atoms with Gasteiger partial charge in [-0.15, -0.1) is 0 Å². The number of benzene rings is 1. The topological polar surface area (TPSA) is 41.1 Å². The molecule has 1 heterocycles. The zero-order valence-corrected chi connectivity index (χ0v) is 13.5. The molecule has 0 radical (unpaired) electrons. The summed E-state index contributed by atoms with van der Waals surface area (Å²) < 4.78 is 0. The van der Waals surface area contributed by atoms with Crippen molar-refractivity contribution < 1.29 is 4.79 Å². The molecular weight excluding hydrogens is 260 g/mol. The zero-order valence-electron chi connectivity index (χ0n) is 13.5. The van der Waals surface area contributed by atoms with E-state index < -0.39 is 0 Å². The third kappa shape index (κ3) is 4.31. The molecule has 1 aromatic rings. The van der Waals surface area contributed by atoms with Gasteiger partial charge in [0.2, 0.25) is 5.91 Å². The van der Waals surface area contributed by atoms with Gasteiger partial charge in [0.05, 0.1) is 0 Å². The van der Waals surface area contributed by atoms with Crippen LogP contribution in [-0.4, -0.2) is 25.0 Å². The molecule has 3 heteroatoms. The summed E-state index contributed by atoms with van der Waals surface area (Å²) in [5, 5.41) is 6.61. The van der Waals surface area contributed by atoms with Crippen molar-refractivity contribution >= 4 is 5.91 Å². The first-order valence-corrected chi connectivity index (χ1v) is 8.05. The molecule has 2 N–H and O–H groups in total. The molecule has 3 nitrogen and oxygen atoms in total. The predicted molar refractivity (Wildman–Crippen MR) is 87.1 cm³/mol. The van der Waals surface area contributed by atoms with Crippen LogP contribution in [0.25, 0.3) is 0 Å². The highest BCUT2D eigenvalue weighted by Gasteiger charge is 2.37. The van der Waals surface area contributed by atoms with Crippen LogP contribution in [0.4, 0.5) is 0 Å². The second kappa shape index (κ2) is 7.08. The van der Waals surface area contributed by atoms with Crippen LogP contribution < -0.4 is 10.6 Å². The highest BCUT2D eigenvalue weighted by atomic mass is 16.2. The van der Waals surface area contributed by atoms with E-state index in [1.165, 1.54) is 12.0 Å². The molecule has 1 aliphatic rings. The molecule has 1 fully saturated rings. The van der Waals surface area contributed by atoms with Gasteiger partial charge >= 0.3 is 0 Å². The molecule has 2 unspecified atom stereocenters. The molecule has 0 spiro atoms. The minimum absolute atomic E-state index is 0.163. The van der Waals surface area contributed by atoms with Gasteiger partial charge in [0.1, 0.15) is 0 Å². The first-order valence-electron chi connectivity index (χ1n) is 8.05. The van der Waals surface area contributed by atoms with Gasteiger partial charge in [-0.3, -0.25) is 4.79 Å². The van der Waals surface area contributed by atoms with Gasteiger partial charge in [0.15, 0.2) is 0 Å². The second-order valence-electron chi connectivity index (χ2n) is 6.83. The normalized spacial score (nSPS) is 20.8. The molecule has 2 rings (SSSR count). The van der Waals surface area contributed by atoms with Crippen LogP contribution in [0.3, 0.4) is 0 Å². The van der Waals surface area contributed by atoms with E-state index >= 15 is 0 Å². The number of hydrogen-bond donors (Lipinski definition) is 2. The Labute approximate surface area is 128 Å². The van der Waals surface area contributed by atoms with E-state index in [1.807, 2.05) is 18.2 Å². The molecule has 1 aliphatic heterocycles. The lowest BCUT2D eigenvalue weighted by Gasteiger charge is -2.36. The van der Waals surface area contributed by atoms with E-state index in [9.17, 15) is 4.79 Å². The van der Waals surface area contributed by atoms with Crippen LogP contribution >= 0.6 is 0 Å². The fraction of sp³-hybridized carbons (Fsp3) is 0.611. The maximum Gasteiger partial charge on any atom is 0.226 e. The Hall–Kier alpha value is -1.35. The maximum absolute atomic E-state index is 12.6. The first-order chi connectivity index (χ1) is 10.00. The van der Waals surface area contributed by atoms with E-state index in [0.29, 0.717) is 5.92 Å². The van der Waals surface area contributed by atoms with Gasteiger partial charge in [-0.1, -0.05) is 44.2 Å². The third-order valence-corrected chi connectivity index (χ3v) is 4.66. The quantitative estimate of drug-likeness (QED) is 0.875. The molecule has 116 valence electrons. The minimum Gasteiger partial charge on any atom is -0.353 e. The van der Waals surface area contributed by atoms with Crippen LogP contribution in [0, 0.1) is 11.3 Å². The number of rotatable bonds is 5. The van der Waals surface area contributed by atoms with Gasteiger partial charge in [-0.25, -0.2) is 0 Å². The highest BCUT2D eigenvalue weighted by Crippen LogP contribution is 2.32. The Kier molecular flexibility index (Phi) is 5.40. The summed E-state index contributed by atoms with van der Waals surface area (Å²) in [6.07, 6.45) is 3.19. The smallest absolute Gasteiger partial charge is 0.226 e. The summed E-state index contributed by atoms with van der Waals surface area (Å²) in [5.74, 6) is 0.606. The highest BCUT2D eigenvalue weighted by molar-refractivity contribution is 5.82. The standard InChI is InChI=1S/C18H28N2O/c1-14(12-15-8-5-4-6-9-15)20-17(21)18(2,3)16-10-7-11-19-13-16/h4-6,8-9,14,16,19H,7,10-13H2,1-3H3,(H,20,21). The molecule has 2 atom stereocenters. The fourth-order valence-electron chi connectivity index (χ4n) is 3.08. The van der Waals surface area contributed by atoms with E-state index in [-0.39, 0.29) is 17.4 Å². The SMILES string of the molecule is CC(Cc1ccccc1)NC(=O)C(C)(C)C1CCCNC1. The van der Waals surface area contributed by atoms with E-state index in [4.69, 9.17) is 0 Å². The summed E-state index contributed by atoms with van der Waals surface area (Å²) >= 11 is 0. The average molecular weight is 288 g/mol. The number of carbonyl (C=O) groups is 1. The monoisotopic (exact) mass is 288 g/mol. The Balaban J connectivity index is 1.90. The molecule has 1 aromatic carbocycles. The zero-order chi connectivity index (χ0) is 15.3. The Morgan fingerprint density at radius 1 is 1.38 bits per heavy atom. The van der Waals surface area contributed by atoms with Crippen molar-refractivity contribution in [3.8, 4) is 0 Å². The van der Waals surface area contributed by atoms with E-state index in [0.717, 1.165) is 25.9 Å². The lowest BCUT2D eigenvalue weighted by molar-refractivity contribution is -0.133. The lowest BCUT2D eigenvalue weighted by Crippen LogP contribution is -2.49. The van der Waals surface area contributed by atoms with Crippen LogP contribution in [0.5, 0.6) is 0 Å². The summed E-state index contributed by atoms with van der Waals surface area (Å²) in [4.78, 5) is 12.6. The second-order valence-corrected chi connectivity index (χ2v) is 6.83. The number of carbonyl (C=O) groups excluding carboxylic acids is 1. The van der Waals surface area contributed by atoms with E-state index in [1.54, 1.807) is 0 Å². The summed E-state index contributed by atoms with van der Waals surface area (Å²) in [5.41, 5.74) is 0.959. The van der Waals surface area contributed by atoms with Gasteiger partial charge < -0.3 is 10.6 Å². The van der Waals surface area contributed by atoms with Crippen molar-refractivity contribution in [2.45, 2.75) is 46.1 Å². The molecule has 0 bridgehead atoms. The summed E-state index contributed by atoms with van der Waals surface area (Å²) in [6.45, 7) is 8.27. The third-order valence-electron chi connectivity index (χ3n) is 4.66. The summed E-state index contributed by atoms with van der Waals surface area (Å²) in [6, 6.07) is 10.5. The predicted octanol–water partition coefficient (Wildman–Crippen LogP) is 2.76. The van der Waals surface area contributed by atoms with Crippen molar-refractivity contribution in [3.63, 3.8) is 0 Å². The van der Waals surface area contributed by atoms with Crippen LogP contribution in [0.15, 0.2) is 30.3 Å². The van der Waals surface area contributed by atoms with E-state index in [2.05, 4.69) is 43.5 Å². The van der Waals surface area contributed by atoms with Crippen molar-refractivity contribution in [1.29, 1.82) is 0 Å². The Morgan fingerprint density at radius 2 is 2.10 bits per heavy atom. The molecule has 0 aromatic heterocycles. The largest absolute Gasteiger partial charge is 0.353 e. The van der Waals surface area contributed by atoms with Crippen LogP contribution in [0.1, 0.15) is 39.2 Å². The molecule has 21 heavy (non-hydrogen) atoms. The van der Waals surface area contributed by atoms with Crippen molar-refractivity contribution in [2.24, 2.45) is 11.3 Å². The number of amides is 1. The van der Waals surface area contributed by atoms with Crippen LogP contribution in [-0.2, 0) is 11.2 Å².